The highest BCUT2D eigenvalue weighted by atomic mass is 35.5. The maximum Gasteiger partial charge on any atom is 0.240 e. The summed E-state index contributed by atoms with van der Waals surface area (Å²) in [5.41, 5.74) is 6.95. The molecule has 0 heterocycles. The second kappa shape index (κ2) is 4.61. The zero-order valence-electron chi connectivity index (χ0n) is 9.30. The molecular formula is C12H11ClN2O2S. The fourth-order valence-electron chi connectivity index (χ4n) is 1.69. The summed E-state index contributed by atoms with van der Waals surface area (Å²) in [7, 11) is -3.95. The standard InChI is InChI=1S/C12H11ClN2O2S/c13-11-10(14)7-6-9(12(11)18(15,16)17)8-4-2-1-3-5-8/h1-7H,14H2,(H2,15,16,17). The Balaban J connectivity index is 2.82. The van der Waals surface area contributed by atoms with Gasteiger partial charge >= 0.3 is 0 Å². The van der Waals surface area contributed by atoms with E-state index < -0.39 is 10.0 Å². The Kier molecular flexibility index (Phi) is 3.30. The monoisotopic (exact) mass is 282 g/mol. The molecule has 4 nitrogen and oxygen atoms in total. The van der Waals surface area contributed by atoms with Crippen LogP contribution in [0, 0.1) is 0 Å². The van der Waals surface area contributed by atoms with Crippen LogP contribution in [0.2, 0.25) is 5.02 Å². The first kappa shape index (κ1) is 12.9. The average Bonchev–Trinajstić information content (AvgIpc) is 2.32. The van der Waals surface area contributed by atoms with Crippen LogP contribution in [-0.4, -0.2) is 8.42 Å². The van der Waals surface area contributed by atoms with Crippen LogP contribution in [0.25, 0.3) is 11.1 Å². The van der Waals surface area contributed by atoms with Gasteiger partial charge in [0.1, 0.15) is 4.90 Å². The Labute approximate surface area is 110 Å². The molecule has 94 valence electrons. The summed E-state index contributed by atoms with van der Waals surface area (Å²) in [5, 5.41) is 5.15. The highest BCUT2D eigenvalue weighted by molar-refractivity contribution is 7.89. The topological polar surface area (TPSA) is 86.2 Å². The third-order valence-corrected chi connectivity index (χ3v) is 4.01. The molecule has 0 radical (unpaired) electrons. The minimum absolute atomic E-state index is 0.0427. The van der Waals surface area contributed by atoms with Gasteiger partial charge in [0, 0.05) is 5.56 Å². The van der Waals surface area contributed by atoms with E-state index in [9.17, 15) is 8.42 Å². The molecule has 0 bridgehead atoms. The summed E-state index contributed by atoms with van der Waals surface area (Å²) in [6, 6.07) is 12.1. The van der Waals surface area contributed by atoms with Crippen LogP contribution in [0.15, 0.2) is 47.4 Å². The van der Waals surface area contributed by atoms with Crippen LogP contribution in [0.1, 0.15) is 0 Å². The minimum atomic E-state index is -3.95. The van der Waals surface area contributed by atoms with Crippen molar-refractivity contribution in [2.45, 2.75) is 4.90 Å². The molecule has 0 fully saturated rings. The van der Waals surface area contributed by atoms with Crippen LogP contribution in [0.3, 0.4) is 0 Å². The van der Waals surface area contributed by atoms with Gasteiger partial charge in [-0.3, -0.25) is 0 Å². The van der Waals surface area contributed by atoms with Gasteiger partial charge in [-0.2, -0.15) is 0 Å². The highest BCUT2D eigenvalue weighted by Gasteiger charge is 2.20. The molecule has 18 heavy (non-hydrogen) atoms. The van der Waals surface area contributed by atoms with Gasteiger partial charge < -0.3 is 5.73 Å². The molecule has 2 rings (SSSR count). The fraction of sp³-hybridized carbons (Fsp3) is 0. The highest BCUT2D eigenvalue weighted by Crippen LogP contribution is 2.35. The normalized spacial score (nSPS) is 11.4. The van der Waals surface area contributed by atoms with Crippen LogP contribution < -0.4 is 10.9 Å². The number of primary sulfonamides is 1. The van der Waals surface area contributed by atoms with Gasteiger partial charge in [0.05, 0.1) is 10.7 Å². The summed E-state index contributed by atoms with van der Waals surface area (Å²) >= 11 is 5.95. The van der Waals surface area contributed by atoms with Crippen molar-refractivity contribution in [2.75, 3.05) is 5.73 Å². The quantitative estimate of drug-likeness (QED) is 0.828. The number of nitrogens with two attached hydrogens (primary N) is 2. The molecule has 0 spiro atoms. The molecule has 6 heteroatoms. The second-order valence-electron chi connectivity index (χ2n) is 3.76. The number of hydrogen-bond acceptors (Lipinski definition) is 3. The largest absolute Gasteiger partial charge is 0.397 e. The van der Waals surface area contributed by atoms with Crippen molar-refractivity contribution >= 4 is 27.3 Å². The van der Waals surface area contributed by atoms with Gasteiger partial charge in [0.2, 0.25) is 10.0 Å². The number of halogens is 1. The maximum atomic E-state index is 11.6. The molecule has 2 aromatic carbocycles. The van der Waals surface area contributed by atoms with Crippen molar-refractivity contribution in [3.05, 3.63) is 47.5 Å². The lowest BCUT2D eigenvalue weighted by atomic mass is 10.1. The van der Waals surface area contributed by atoms with E-state index in [0.717, 1.165) is 0 Å². The summed E-state index contributed by atoms with van der Waals surface area (Å²) in [5.74, 6) is 0. The average molecular weight is 283 g/mol. The number of hydrogen-bond donors (Lipinski definition) is 2. The van der Waals surface area contributed by atoms with Crippen LogP contribution >= 0.6 is 11.6 Å². The summed E-state index contributed by atoms with van der Waals surface area (Å²) in [4.78, 5) is -0.143. The van der Waals surface area contributed by atoms with Gasteiger partial charge in [-0.15, -0.1) is 0 Å². The van der Waals surface area contributed by atoms with Gasteiger partial charge in [-0.1, -0.05) is 48.0 Å². The molecule has 0 unspecified atom stereocenters. The van der Waals surface area contributed by atoms with Crippen molar-refractivity contribution in [1.82, 2.24) is 0 Å². The molecule has 4 N–H and O–H groups in total. The first-order chi connectivity index (χ1) is 8.41. The Bertz CT molecular complexity index is 685. The van der Waals surface area contributed by atoms with Crippen molar-refractivity contribution in [1.29, 1.82) is 0 Å². The Hall–Kier alpha value is -1.56. The number of anilines is 1. The Morgan fingerprint density at radius 3 is 2.17 bits per heavy atom. The SMILES string of the molecule is Nc1ccc(-c2ccccc2)c(S(N)(=O)=O)c1Cl. The van der Waals surface area contributed by atoms with Crippen LogP contribution in [0.4, 0.5) is 5.69 Å². The van der Waals surface area contributed by atoms with E-state index in [0.29, 0.717) is 11.1 Å². The lowest BCUT2D eigenvalue weighted by Crippen LogP contribution is -2.14. The predicted octanol–water partition coefficient (Wildman–Crippen LogP) is 2.24. The van der Waals surface area contributed by atoms with E-state index in [1.54, 1.807) is 36.4 Å². The molecule has 0 aromatic heterocycles. The number of rotatable bonds is 2. The van der Waals surface area contributed by atoms with E-state index in [1.807, 2.05) is 6.07 Å². The Morgan fingerprint density at radius 2 is 1.61 bits per heavy atom. The molecular weight excluding hydrogens is 272 g/mol. The zero-order valence-corrected chi connectivity index (χ0v) is 10.9. The first-order valence-corrected chi connectivity index (χ1v) is 7.00. The number of sulfonamides is 1. The van der Waals surface area contributed by atoms with E-state index in [4.69, 9.17) is 22.5 Å². The third kappa shape index (κ3) is 2.33. The van der Waals surface area contributed by atoms with Crippen LogP contribution in [-0.2, 0) is 10.0 Å². The minimum Gasteiger partial charge on any atom is -0.397 e. The first-order valence-electron chi connectivity index (χ1n) is 5.07. The molecule has 0 saturated heterocycles. The summed E-state index contributed by atoms with van der Waals surface area (Å²) < 4.78 is 23.3. The van der Waals surface area contributed by atoms with Gasteiger partial charge in [-0.25, -0.2) is 13.6 Å². The van der Waals surface area contributed by atoms with E-state index in [1.165, 1.54) is 0 Å². The molecule has 0 amide bonds. The second-order valence-corrected chi connectivity index (χ2v) is 5.63. The van der Waals surface area contributed by atoms with E-state index in [2.05, 4.69) is 0 Å². The van der Waals surface area contributed by atoms with Gasteiger partial charge in [0.15, 0.2) is 0 Å². The third-order valence-electron chi connectivity index (χ3n) is 2.50. The number of nitrogen functional groups attached to an aromatic ring is 1. The van der Waals surface area contributed by atoms with Crippen molar-refractivity contribution in [3.63, 3.8) is 0 Å². The number of benzene rings is 2. The van der Waals surface area contributed by atoms with Crippen molar-refractivity contribution in [2.24, 2.45) is 5.14 Å². The van der Waals surface area contributed by atoms with Gasteiger partial charge in [-0.05, 0) is 11.6 Å². The van der Waals surface area contributed by atoms with Crippen LogP contribution in [0.5, 0.6) is 0 Å². The molecule has 0 aliphatic carbocycles. The molecule has 0 saturated carbocycles. The summed E-state index contributed by atoms with van der Waals surface area (Å²) in [6.45, 7) is 0. The fourth-order valence-corrected chi connectivity index (χ4v) is 3.04. The van der Waals surface area contributed by atoms with E-state index >= 15 is 0 Å². The molecule has 0 aliphatic rings. The molecule has 2 aromatic rings. The molecule has 0 aliphatic heterocycles. The molecule has 0 atom stereocenters. The van der Waals surface area contributed by atoms with Gasteiger partial charge in [0.25, 0.3) is 0 Å². The lowest BCUT2D eigenvalue weighted by Gasteiger charge is -2.11. The predicted molar refractivity (Wildman–Crippen MR) is 72.7 cm³/mol. The lowest BCUT2D eigenvalue weighted by molar-refractivity contribution is 0.598. The van der Waals surface area contributed by atoms with E-state index in [-0.39, 0.29) is 15.6 Å². The van der Waals surface area contributed by atoms with Crippen molar-refractivity contribution in [3.8, 4) is 11.1 Å². The van der Waals surface area contributed by atoms with Crippen molar-refractivity contribution < 1.29 is 8.42 Å². The zero-order chi connectivity index (χ0) is 13.3. The summed E-state index contributed by atoms with van der Waals surface area (Å²) in [6.07, 6.45) is 0. The smallest absolute Gasteiger partial charge is 0.240 e. The maximum absolute atomic E-state index is 11.6. The Morgan fingerprint density at radius 1 is 1.00 bits per heavy atom.